The molecule has 0 spiro atoms. The Morgan fingerprint density at radius 3 is 2.46 bits per heavy atom. The van der Waals surface area contributed by atoms with Crippen LogP contribution < -0.4 is 10.7 Å². The number of nitrogens with zero attached hydrogens (tertiary/aromatic N) is 1. The average molecular weight is 385 g/mol. The van der Waals surface area contributed by atoms with Gasteiger partial charge in [0.1, 0.15) is 0 Å². The molecular formula is C21H18F3N3O. The third-order valence-corrected chi connectivity index (χ3v) is 4.16. The molecule has 0 aliphatic rings. The van der Waals surface area contributed by atoms with Gasteiger partial charge in [-0.1, -0.05) is 42.5 Å². The lowest BCUT2D eigenvalue weighted by atomic mass is 10.0. The molecule has 0 fully saturated rings. The van der Waals surface area contributed by atoms with E-state index in [4.69, 9.17) is 0 Å². The van der Waals surface area contributed by atoms with Crippen LogP contribution in [-0.4, -0.2) is 18.2 Å². The Morgan fingerprint density at radius 1 is 0.964 bits per heavy atom. The van der Waals surface area contributed by atoms with Crippen molar-refractivity contribution in [2.45, 2.75) is 13.1 Å². The smallest absolute Gasteiger partial charge is 0.376 e. The number of amides is 1. The van der Waals surface area contributed by atoms with Gasteiger partial charge in [0, 0.05) is 5.69 Å². The number of anilines is 1. The molecule has 4 nitrogen and oxygen atoms in total. The van der Waals surface area contributed by atoms with E-state index in [1.807, 2.05) is 42.5 Å². The number of fused-ring (bicyclic) bond motifs is 1. The van der Waals surface area contributed by atoms with Crippen molar-refractivity contribution >= 4 is 28.1 Å². The van der Waals surface area contributed by atoms with E-state index in [1.54, 1.807) is 6.92 Å². The Balaban J connectivity index is 1.60. The number of carbonyl (C=O) groups is 1. The van der Waals surface area contributed by atoms with Crippen LogP contribution in [-0.2, 0) is 11.0 Å². The van der Waals surface area contributed by atoms with Crippen LogP contribution in [0.4, 0.5) is 18.9 Å². The number of hydrogen-bond donors (Lipinski definition) is 2. The first kappa shape index (κ1) is 19.4. The van der Waals surface area contributed by atoms with Gasteiger partial charge in [-0.3, -0.25) is 4.79 Å². The van der Waals surface area contributed by atoms with Crippen LogP contribution in [0.2, 0.25) is 0 Å². The van der Waals surface area contributed by atoms with Gasteiger partial charge in [0.05, 0.1) is 17.8 Å². The molecule has 144 valence electrons. The average Bonchev–Trinajstić information content (AvgIpc) is 2.69. The Hall–Kier alpha value is -3.35. The minimum atomic E-state index is -4.43. The van der Waals surface area contributed by atoms with Crippen molar-refractivity contribution in [3.63, 3.8) is 0 Å². The Labute approximate surface area is 160 Å². The predicted molar refractivity (Wildman–Crippen MR) is 104 cm³/mol. The highest BCUT2D eigenvalue weighted by Gasteiger charge is 2.30. The van der Waals surface area contributed by atoms with Crippen molar-refractivity contribution in [3.8, 4) is 0 Å². The minimum absolute atomic E-state index is 0.199. The predicted octanol–water partition coefficient (Wildman–Crippen LogP) is 4.81. The highest BCUT2D eigenvalue weighted by Crippen LogP contribution is 2.30. The number of nitrogens with one attached hydrogen (secondary N) is 2. The van der Waals surface area contributed by atoms with E-state index in [0.29, 0.717) is 5.71 Å². The summed E-state index contributed by atoms with van der Waals surface area (Å²) in [5.41, 5.74) is 3.33. The fraction of sp³-hybridized carbons (Fsp3) is 0.143. The summed E-state index contributed by atoms with van der Waals surface area (Å²) in [4.78, 5) is 11.9. The SMILES string of the molecule is C/C(=N/NC(=O)CNc1cccc(C(F)(F)F)c1)c1ccc2ccccc2c1. The maximum Gasteiger partial charge on any atom is 0.416 e. The van der Waals surface area contributed by atoms with Gasteiger partial charge in [-0.25, -0.2) is 5.43 Å². The molecule has 0 unspecified atom stereocenters. The highest BCUT2D eigenvalue weighted by molar-refractivity contribution is 6.02. The van der Waals surface area contributed by atoms with E-state index < -0.39 is 17.6 Å². The Morgan fingerprint density at radius 2 is 1.71 bits per heavy atom. The number of benzene rings is 3. The molecule has 0 aliphatic heterocycles. The number of hydrazone groups is 1. The fourth-order valence-electron chi connectivity index (χ4n) is 2.65. The largest absolute Gasteiger partial charge is 0.416 e. The number of rotatable bonds is 5. The summed E-state index contributed by atoms with van der Waals surface area (Å²) in [5.74, 6) is -0.461. The van der Waals surface area contributed by atoms with Gasteiger partial charge in [0.2, 0.25) is 0 Å². The second-order valence-corrected chi connectivity index (χ2v) is 6.23. The van der Waals surface area contributed by atoms with Gasteiger partial charge in [0.15, 0.2) is 0 Å². The van der Waals surface area contributed by atoms with Gasteiger partial charge >= 0.3 is 6.18 Å². The van der Waals surface area contributed by atoms with Crippen LogP contribution in [0.25, 0.3) is 10.8 Å². The molecule has 3 aromatic carbocycles. The highest BCUT2D eigenvalue weighted by atomic mass is 19.4. The van der Waals surface area contributed by atoms with E-state index in [1.165, 1.54) is 12.1 Å². The molecule has 0 saturated heterocycles. The lowest BCUT2D eigenvalue weighted by Crippen LogP contribution is -2.26. The first-order valence-electron chi connectivity index (χ1n) is 8.56. The van der Waals surface area contributed by atoms with E-state index in [2.05, 4.69) is 15.8 Å². The minimum Gasteiger partial charge on any atom is -0.376 e. The molecule has 0 radical (unpaired) electrons. The summed E-state index contributed by atoms with van der Waals surface area (Å²) in [6, 6.07) is 18.4. The topological polar surface area (TPSA) is 53.5 Å². The molecule has 3 aromatic rings. The summed E-state index contributed by atoms with van der Waals surface area (Å²) in [5, 5.41) is 8.90. The standard InChI is InChI=1S/C21H18F3N3O/c1-14(16-10-9-15-5-2-3-6-17(15)11-16)26-27-20(28)13-25-19-8-4-7-18(12-19)21(22,23)24/h2-12,25H,13H2,1H3,(H,27,28)/b26-14-. The number of alkyl halides is 3. The van der Waals surface area contributed by atoms with Crippen molar-refractivity contribution in [3.05, 3.63) is 77.9 Å². The lowest BCUT2D eigenvalue weighted by Gasteiger charge is -2.10. The number of hydrogen-bond acceptors (Lipinski definition) is 3. The van der Waals surface area contributed by atoms with Crippen LogP contribution in [0, 0.1) is 0 Å². The van der Waals surface area contributed by atoms with E-state index in [-0.39, 0.29) is 12.2 Å². The Bertz CT molecular complexity index is 1030. The molecule has 0 heterocycles. The molecule has 7 heteroatoms. The van der Waals surface area contributed by atoms with Crippen LogP contribution in [0.15, 0.2) is 71.8 Å². The summed E-state index contributed by atoms with van der Waals surface area (Å²) < 4.78 is 38.1. The van der Waals surface area contributed by atoms with Crippen molar-refractivity contribution < 1.29 is 18.0 Å². The number of halogens is 3. The van der Waals surface area contributed by atoms with Crippen molar-refractivity contribution in [1.82, 2.24) is 5.43 Å². The molecule has 0 aliphatic carbocycles. The monoisotopic (exact) mass is 385 g/mol. The zero-order chi connectivity index (χ0) is 20.1. The zero-order valence-electron chi connectivity index (χ0n) is 15.0. The molecule has 3 rings (SSSR count). The van der Waals surface area contributed by atoms with Crippen molar-refractivity contribution in [2.24, 2.45) is 5.10 Å². The molecule has 28 heavy (non-hydrogen) atoms. The zero-order valence-corrected chi connectivity index (χ0v) is 15.0. The van der Waals surface area contributed by atoms with Crippen LogP contribution in [0.1, 0.15) is 18.1 Å². The molecule has 0 atom stereocenters. The van der Waals surface area contributed by atoms with Gasteiger partial charge in [-0.05, 0) is 47.5 Å². The summed E-state index contributed by atoms with van der Waals surface area (Å²) in [6.07, 6.45) is -4.43. The Kier molecular flexibility index (Phi) is 5.63. The second-order valence-electron chi connectivity index (χ2n) is 6.23. The van der Waals surface area contributed by atoms with Crippen LogP contribution in [0.5, 0.6) is 0 Å². The molecule has 0 bridgehead atoms. The molecular weight excluding hydrogens is 367 g/mol. The van der Waals surface area contributed by atoms with E-state index in [9.17, 15) is 18.0 Å². The first-order valence-corrected chi connectivity index (χ1v) is 8.56. The van der Waals surface area contributed by atoms with Gasteiger partial charge < -0.3 is 5.32 Å². The molecule has 1 amide bonds. The maximum atomic E-state index is 12.7. The normalized spacial score (nSPS) is 12.1. The first-order chi connectivity index (χ1) is 13.3. The summed E-state index contributed by atoms with van der Waals surface area (Å²) in [7, 11) is 0. The molecule has 2 N–H and O–H groups in total. The van der Waals surface area contributed by atoms with Gasteiger partial charge in [-0.2, -0.15) is 18.3 Å². The molecule has 0 aromatic heterocycles. The van der Waals surface area contributed by atoms with Crippen LogP contribution >= 0.6 is 0 Å². The summed E-state index contributed by atoms with van der Waals surface area (Å²) in [6.45, 7) is 1.57. The van der Waals surface area contributed by atoms with Gasteiger partial charge in [-0.15, -0.1) is 0 Å². The third-order valence-electron chi connectivity index (χ3n) is 4.16. The van der Waals surface area contributed by atoms with E-state index in [0.717, 1.165) is 28.5 Å². The lowest BCUT2D eigenvalue weighted by molar-refractivity contribution is -0.137. The maximum absolute atomic E-state index is 12.7. The quantitative estimate of drug-likeness (QED) is 0.489. The van der Waals surface area contributed by atoms with Crippen molar-refractivity contribution in [2.75, 3.05) is 11.9 Å². The fourth-order valence-corrected chi connectivity index (χ4v) is 2.65. The van der Waals surface area contributed by atoms with Crippen LogP contribution in [0.3, 0.4) is 0 Å². The number of carbonyl (C=O) groups excluding carboxylic acids is 1. The third kappa shape index (κ3) is 4.88. The van der Waals surface area contributed by atoms with E-state index >= 15 is 0 Å². The second kappa shape index (κ2) is 8.12. The van der Waals surface area contributed by atoms with Gasteiger partial charge in [0.25, 0.3) is 5.91 Å². The summed E-state index contributed by atoms with van der Waals surface area (Å²) >= 11 is 0. The molecule has 0 saturated carbocycles. The van der Waals surface area contributed by atoms with Crippen molar-refractivity contribution in [1.29, 1.82) is 0 Å².